The van der Waals surface area contributed by atoms with E-state index < -0.39 is 5.82 Å². The van der Waals surface area contributed by atoms with Gasteiger partial charge in [0.1, 0.15) is 5.82 Å². The Labute approximate surface area is 121 Å². The second-order valence-electron chi connectivity index (χ2n) is 4.78. The topological polar surface area (TPSA) is 33.2 Å². The van der Waals surface area contributed by atoms with Crippen LogP contribution >= 0.6 is 12.6 Å². The van der Waals surface area contributed by atoms with Gasteiger partial charge < -0.3 is 4.90 Å². The van der Waals surface area contributed by atoms with E-state index in [1.54, 1.807) is 30.5 Å². The molecule has 102 valence electrons. The van der Waals surface area contributed by atoms with Gasteiger partial charge >= 0.3 is 0 Å². The smallest absolute Gasteiger partial charge is 0.260 e. The molecule has 0 atom stereocenters. The molecule has 1 heterocycles. The first-order valence-electron chi connectivity index (χ1n) is 6.39. The summed E-state index contributed by atoms with van der Waals surface area (Å²) in [4.78, 5) is 18.6. The third-order valence-electron chi connectivity index (χ3n) is 3.23. The number of carbonyl (C=O) groups excluding carboxylic acids is 1. The number of pyridine rings is 1. The summed E-state index contributed by atoms with van der Waals surface area (Å²) in [5.74, 6) is -0.645. The summed E-state index contributed by atoms with van der Waals surface area (Å²) >= 11 is 4.11. The van der Waals surface area contributed by atoms with E-state index in [9.17, 15) is 9.18 Å². The van der Waals surface area contributed by atoms with Gasteiger partial charge in [-0.25, -0.2) is 4.39 Å². The number of carbonyl (C=O) groups is 1. The molecule has 0 radical (unpaired) electrons. The number of halogens is 1. The molecule has 0 bridgehead atoms. The van der Waals surface area contributed by atoms with E-state index in [-0.39, 0.29) is 11.9 Å². The lowest BCUT2D eigenvalue weighted by molar-refractivity contribution is 0.0984. The fourth-order valence-corrected chi connectivity index (χ4v) is 2.31. The quantitative estimate of drug-likeness (QED) is 0.879. The molecule has 0 spiro atoms. The number of thiol groups is 1. The summed E-state index contributed by atoms with van der Waals surface area (Å²) in [5, 5.41) is 0. The van der Waals surface area contributed by atoms with E-state index in [0.717, 1.165) is 12.8 Å². The Morgan fingerprint density at radius 1 is 1.35 bits per heavy atom. The number of nitrogens with zero attached hydrogens (tertiary/aromatic N) is 2. The SMILES string of the molecule is O=C(c1cccnc1)N(c1ccc(S)cc1F)C1CC1. The van der Waals surface area contributed by atoms with E-state index in [4.69, 9.17) is 0 Å². The summed E-state index contributed by atoms with van der Waals surface area (Å²) in [6.45, 7) is 0. The minimum absolute atomic E-state index is 0.0722. The molecule has 1 aromatic carbocycles. The average Bonchev–Trinajstić information content (AvgIpc) is 3.27. The monoisotopic (exact) mass is 288 g/mol. The number of amides is 1. The van der Waals surface area contributed by atoms with Gasteiger partial charge in [0.2, 0.25) is 0 Å². The van der Waals surface area contributed by atoms with Crippen LogP contribution in [0.3, 0.4) is 0 Å². The summed E-state index contributed by atoms with van der Waals surface area (Å²) in [7, 11) is 0. The Morgan fingerprint density at radius 2 is 2.15 bits per heavy atom. The third-order valence-corrected chi connectivity index (χ3v) is 3.51. The van der Waals surface area contributed by atoms with Crippen molar-refractivity contribution in [3.63, 3.8) is 0 Å². The molecule has 20 heavy (non-hydrogen) atoms. The predicted molar refractivity (Wildman–Crippen MR) is 77.7 cm³/mol. The molecule has 0 N–H and O–H groups in total. The molecule has 3 nitrogen and oxygen atoms in total. The van der Waals surface area contributed by atoms with Crippen molar-refractivity contribution >= 4 is 24.2 Å². The van der Waals surface area contributed by atoms with Crippen molar-refractivity contribution in [1.29, 1.82) is 0 Å². The van der Waals surface area contributed by atoms with Gasteiger partial charge in [0.05, 0.1) is 11.3 Å². The molecule has 5 heteroatoms. The van der Waals surface area contributed by atoms with Crippen LogP contribution in [0.1, 0.15) is 23.2 Å². The first-order chi connectivity index (χ1) is 9.66. The van der Waals surface area contributed by atoms with Gasteiger partial charge in [0.25, 0.3) is 5.91 Å². The van der Waals surface area contributed by atoms with Crippen molar-refractivity contribution < 1.29 is 9.18 Å². The Balaban J connectivity index is 1.99. The fourth-order valence-electron chi connectivity index (χ4n) is 2.12. The number of hydrogen-bond donors (Lipinski definition) is 1. The highest BCUT2D eigenvalue weighted by Gasteiger charge is 2.35. The lowest BCUT2D eigenvalue weighted by Crippen LogP contribution is -2.33. The highest BCUT2D eigenvalue weighted by atomic mass is 32.1. The zero-order valence-electron chi connectivity index (χ0n) is 10.7. The van der Waals surface area contributed by atoms with Crippen molar-refractivity contribution in [3.8, 4) is 0 Å². The molecule has 0 aliphatic heterocycles. The first kappa shape index (κ1) is 13.1. The largest absolute Gasteiger partial charge is 0.302 e. The Bertz CT molecular complexity index is 644. The van der Waals surface area contributed by atoms with Crippen LogP contribution in [-0.2, 0) is 0 Å². The molecule has 1 aliphatic carbocycles. The van der Waals surface area contributed by atoms with Gasteiger partial charge in [0, 0.05) is 23.3 Å². The maximum Gasteiger partial charge on any atom is 0.260 e. The minimum atomic E-state index is -0.429. The lowest BCUT2D eigenvalue weighted by atomic mass is 10.2. The molecular weight excluding hydrogens is 275 g/mol. The molecule has 1 fully saturated rings. The van der Waals surface area contributed by atoms with Crippen molar-refractivity contribution in [3.05, 3.63) is 54.1 Å². The normalized spacial score (nSPS) is 14.1. The molecule has 3 rings (SSSR count). The standard InChI is InChI=1S/C15H13FN2OS/c16-13-8-12(20)5-6-14(13)18(11-3-4-11)15(19)10-2-1-7-17-9-10/h1-2,5-9,11,20H,3-4H2. The number of aromatic nitrogens is 1. The Hall–Kier alpha value is -1.88. The zero-order chi connectivity index (χ0) is 14.1. The van der Waals surface area contributed by atoms with Crippen LogP contribution in [0.15, 0.2) is 47.6 Å². The molecule has 1 amide bonds. The predicted octanol–water partition coefficient (Wildman–Crippen LogP) is 3.32. The molecular formula is C15H13FN2OS. The van der Waals surface area contributed by atoms with Crippen LogP contribution < -0.4 is 4.90 Å². The number of benzene rings is 1. The van der Waals surface area contributed by atoms with Crippen LogP contribution in [0.4, 0.5) is 10.1 Å². The van der Waals surface area contributed by atoms with Crippen LogP contribution in [0.2, 0.25) is 0 Å². The lowest BCUT2D eigenvalue weighted by Gasteiger charge is -2.23. The molecule has 1 saturated carbocycles. The number of rotatable bonds is 3. The molecule has 1 aliphatic rings. The minimum Gasteiger partial charge on any atom is -0.302 e. The maximum atomic E-state index is 14.1. The van der Waals surface area contributed by atoms with Gasteiger partial charge in [-0.3, -0.25) is 9.78 Å². The van der Waals surface area contributed by atoms with Crippen LogP contribution in [0, 0.1) is 5.82 Å². The van der Waals surface area contributed by atoms with E-state index in [1.165, 1.54) is 17.2 Å². The molecule has 0 unspecified atom stereocenters. The first-order valence-corrected chi connectivity index (χ1v) is 6.83. The number of anilines is 1. The fraction of sp³-hybridized carbons (Fsp3) is 0.200. The van der Waals surface area contributed by atoms with E-state index in [1.807, 2.05) is 0 Å². The third kappa shape index (κ3) is 2.54. The Morgan fingerprint density at radius 3 is 2.75 bits per heavy atom. The van der Waals surface area contributed by atoms with E-state index in [2.05, 4.69) is 17.6 Å². The Kier molecular flexibility index (Phi) is 3.44. The molecule has 0 saturated heterocycles. The van der Waals surface area contributed by atoms with Gasteiger partial charge in [-0.1, -0.05) is 0 Å². The van der Waals surface area contributed by atoms with E-state index >= 15 is 0 Å². The second kappa shape index (κ2) is 5.25. The van der Waals surface area contributed by atoms with Crippen LogP contribution in [0.25, 0.3) is 0 Å². The average molecular weight is 288 g/mol. The number of hydrogen-bond acceptors (Lipinski definition) is 3. The summed E-state index contributed by atoms with van der Waals surface area (Å²) in [6.07, 6.45) is 4.90. The highest BCUT2D eigenvalue weighted by molar-refractivity contribution is 7.80. The van der Waals surface area contributed by atoms with Crippen molar-refractivity contribution in [1.82, 2.24) is 4.98 Å². The summed E-state index contributed by atoms with van der Waals surface area (Å²) in [6, 6.07) is 8.08. The zero-order valence-corrected chi connectivity index (χ0v) is 11.6. The van der Waals surface area contributed by atoms with Crippen molar-refractivity contribution in [2.24, 2.45) is 0 Å². The van der Waals surface area contributed by atoms with Crippen molar-refractivity contribution in [2.75, 3.05) is 4.90 Å². The van der Waals surface area contributed by atoms with Crippen molar-refractivity contribution in [2.45, 2.75) is 23.8 Å². The van der Waals surface area contributed by atoms with Crippen LogP contribution in [0.5, 0.6) is 0 Å². The van der Waals surface area contributed by atoms with Gasteiger partial charge in [-0.2, -0.15) is 0 Å². The van der Waals surface area contributed by atoms with Gasteiger partial charge in [-0.15, -0.1) is 12.6 Å². The highest BCUT2D eigenvalue weighted by Crippen LogP contribution is 2.35. The summed E-state index contributed by atoms with van der Waals surface area (Å²) < 4.78 is 14.1. The van der Waals surface area contributed by atoms with Gasteiger partial charge in [-0.05, 0) is 43.2 Å². The van der Waals surface area contributed by atoms with Crippen LogP contribution in [-0.4, -0.2) is 16.9 Å². The van der Waals surface area contributed by atoms with E-state index in [0.29, 0.717) is 16.1 Å². The molecule has 1 aromatic heterocycles. The summed E-state index contributed by atoms with van der Waals surface area (Å²) in [5.41, 5.74) is 0.771. The second-order valence-corrected chi connectivity index (χ2v) is 5.30. The maximum absolute atomic E-state index is 14.1. The van der Waals surface area contributed by atoms with Gasteiger partial charge in [0.15, 0.2) is 0 Å². The molecule has 2 aromatic rings.